The number of hydrogen-bond acceptors (Lipinski definition) is 6. The summed E-state index contributed by atoms with van der Waals surface area (Å²) < 4.78 is 37.3. The lowest BCUT2D eigenvalue weighted by Crippen LogP contribution is -2.48. The van der Waals surface area contributed by atoms with Crippen LogP contribution in [-0.4, -0.2) is 56.4 Å². The lowest BCUT2D eigenvalue weighted by molar-refractivity contribution is -0.154. The van der Waals surface area contributed by atoms with Crippen LogP contribution < -0.4 is 10.2 Å². The topological polar surface area (TPSA) is 99.7 Å². The molecule has 1 unspecified atom stereocenters. The molecular weight excluding hydrogens is 375 g/mol. The zero-order chi connectivity index (χ0) is 19.9. The van der Waals surface area contributed by atoms with Gasteiger partial charge >= 0.3 is 6.18 Å². The summed E-state index contributed by atoms with van der Waals surface area (Å²) in [5.41, 5.74) is 1.06. The summed E-state index contributed by atoms with van der Waals surface area (Å²) >= 11 is 0. The largest absolute Gasteiger partial charge is 0.397 e. The molecule has 11 heteroatoms. The van der Waals surface area contributed by atoms with Crippen LogP contribution in [0.3, 0.4) is 0 Å². The van der Waals surface area contributed by atoms with Crippen molar-refractivity contribution in [2.45, 2.75) is 38.4 Å². The number of aromatic nitrogens is 5. The van der Waals surface area contributed by atoms with Crippen molar-refractivity contribution >= 4 is 33.8 Å². The number of aromatic amines is 1. The van der Waals surface area contributed by atoms with Crippen LogP contribution in [0.25, 0.3) is 22.1 Å². The third-order valence-corrected chi connectivity index (χ3v) is 4.67. The first kappa shape index (κ1) is 18.4. The van der Waals surface area contributed by atoms with E-state index in [1.54, 1.807) is 13.1 Å². The number of aryl methyl sites for hydroxylation is 1. The van der Waals surface area contributed by atoms with Crippen molar-refractivity contribution in [3.8, 4) is 0 Å². The van der Waals surface area contributed by atoms with Gasteiger partial charge < -0.3 is 15.2 Å². The van der Waals surface area contributed by atoms with Gasteiger partial charge in [0, 0.05) is 30.7 Å². The van der Waals surface area contributed by atoms with Crippen LogP contribution in [0.5, 0.6) is 0 Å². The number of piperidine rings is 1. The average molecular weight is 393 g/mol. The minimum Gasteiger partial charge on any atom is -0.354 e. The minimum atomic E-state index is -4.52. The fourth-order valence-electron chi connectivity index (χ4n) is 3.58. The van der Waals surface area contributed by atoms with Crippen LogP contribution in [0.4, 0.5) is 19.0 Å². The molecule has 1 aliphatic rings. The van der Waals surface area contributed by atoms with Crippen molar-refractivity contribution in [1.82, 2.24) is 30.5 Å². The van der Waals surface area contributed by atoms with Gasteiger partial charge in [0.1, 0.15) is 18.1 Å². The molecular formula is C17H18F3N7O. The lowest BCUT2D eigenvalue weighted by Gasteiger charge is -2.34. The molecule has 1 atom stereocenters. The number of H-pyrrole nitrogens is 1. The maximum absolute atomic E-state index is 12.4. The van der Waals surface area contributed by atoms with Gasteiger partial charge in [0.2, 0.25) is 5.91 Å². The number of carbonyl (C=O) groups excluding carboxylic acids is 1. The predicted molar refractivity (Wildman–Crippen MR) is 95.8 cm³/mol. The third-order valence-electron chi connectivity index (χ3n) is 4.67. The highest BCUT2D eigenvalue weighted by molar-refractivity contribution is 6.07. The van der Waals surface area contributed by atoms with E-state index < -0.39 is 18.5 Å². The average Bonchev–Trinajstić information content (AvgIpc) is 3.08. The summed E-state index contributed by atoms with van der Waals surface area (Å²) in [6, 6.07) is 1.45. The van der Waals surface area contributed by atoms with Gasteiger partial charge in [-0.2, -0.15) is 13.2 Å². The smallest absolute Gasteiger partial charge is 0.354 e. The molecule has 1 aliphatic heterocycles. The molecule has 0 aliphatic carbocycles. The Morgan fingerprint density at radius 1 is 1.39 bits per heavy atom. The molecule has 3 aromatic rings. The van der Waals surface area contributed by atoms with E-state index in [-0.39, 0.29) is 6.04 Å². The zero-order valence-corrected chi connectivity index (χ0v) is 15.0. The number of amides is 1. The highest BCUT2D eigenvalue weighted by Crippen LogP contribution is 2.30. The van der Waals surface area contributed by atoms with Gasteiger partial charge in [-0.15, -0.1) is 10.2 Å². The highest BCUT2D eigenvalue weighted by atomic mass is 19.4. The summed E-state index contributed by atoms with van der Waals surface area (Å²) in [4.78, 5) is 25.5. The van der Waals surface area contributed by atoms with Gasteiger partial charge in [0.25, 0.3) is 0 Å². The number of halogens is 3. The minimum absolute atomic E-state index is 0.368. The van der Waals surface area contributed by atoms with Crippen molar-refractivity contribution in [3.05, 3.63) is 18.1 Å². The van der Waals surface area contributed by atoms with Crippen molar-refractivity contribution in [1.29, 1.82) is 0 Å². The maximum Gasteiger partial charge on any atom is 0.397 e. The zero-order valence-electron chi connectivity index (χ0n) is 15.0. The molecule has 2 N–H and O–H groups in total. The Morgan fingerprint density at radius 3 is 3.00 bits per heavy atom. The number of rotatable bonds is 3. The van der Waals surface area contributed by atoms with E-state index in [0.717, 1.165) is 17.2 Å². The Kier molecular flexibility index (Phi) is 4.52. The summed E-state index contributed by atoms with van der Waals surface area (Å²) in [6.45, 7) is 2.84. The molecule has 1 saturated heterocycles. The Bertz CT molecular complexity index is 1030. The van der Waals surface area contributed by atoms with Crippen LogP contribution in [0.1, 0.15) is 25.1 Å². The fraction of sp³-hybridized carbons (Fsp3) is 0.471. The van der Waals surface area contributed by atoms with Crippen LogP contribution in [-0.2, 0) is 4.79 Å². The first-order valence-electron chi connectivity index (χ1n) is 8.89. The molecule has 1 amide bonds. The van der Waals surface area contributed by atoms with Gasteiger partial charge in [-0.3, -0.25) is 4.79 Å². The Labute approximate surface area is 157 Å². The van der Waals surface area contributed by atoms with Crippen molar-refractivity contribution in [2.75, 3.05) is 18.0 Å². The number of nitrogens with zero attached hydrogens (tertiary/aromatic N) is 5. The Balaban J connectivity index is 1.64. The molecule has 0 saturated carbocycles. The van der Waals surface area contributed by atoms with Crippen molar-refractivity contribution in [2.24, 2.45) is 0 Å². The molecule has 0 aromatic carbocycles. The maximum atomic E-state index is 12.4. The van der Waals surface area contributed by atoms with Gasteiger partial charge in [0.15, 0.2) is 11.3 Å². The van der Waals surface area contributed by atoms with E-state index in [4.69, 9.17) is 0 Å². The molecule has 1 fully saturated rings. The van der Waals surface area contributed by atoms with Crippen LogP contribution in [0, 0.1) is 6.92 Å². The van der Waals surface area contributed by atoms with E-state index in [0.29, 0.717) is 42.4 Å². The molecule has 0 bridgehead atoms. The molecule has 3 aromatic heterocycles. The second-order valence-corrected chi connectivity index (χ2v) is 6.90. The summed E-state index contributed by atoms with van der Waals surface area (Å²) in [6.07, 6.45) is -3.02. The van der Waals surface area contributed by atoms with E-state index in [2.05, 4.69) is 30.5 Å². The Morgan fingerprint density at radius 2 is 2.21 bits per heavy atom. The molecule has 0 radical (unpaired) electrons. The number of alkyl halides is 3. The fourth-order valence-corrected chi connectivity index (χ4v) is 3.58. The van der Waals surface area contributed by atoms with Gasteiger partial charge in [0.05, 0.1) is 5.39 Å². The molecule has 148 valence electrons. The van der Waals surface area contributed by atoms with Crippen LogP contribution >= 0.6 is 0 Å². The van der Waals surface area contributed by atoms with E-state index in [1.807, 2.05) is 11.0 Å². The molecule has 4 heterocycles. The van der Waals surface area contributed by atoms with E-state index in [1.165, 1.54) is 0 Å². The molecule has 28 heavy (non-hydrogen) atoms. The molecule has 8 nitrogen and oxygen atoms in total. The predicted octanol–water partition coefficient (Wildman–Crippen LogP) is 2.25. The summed E-state index contributed by atoms with van der Waals surface area (Å²) in [5.74, 6) is 0.288. The monoisotopic (exact) mass is 393 g/mol. The van der Waals surface area contributed by atoms with Crippen molar-refractivity contribution < 1.29 is 18.0 Å². The van der Waals surface area contributed by atoms with Crippen LogP contribution in [0.15, 0.2) is 12.3 Å². The second kappa shape index (κ2) is 6.88. The summed E-state index contributed by atoms with van der Waals surface area (Å²) in [7, 11) is 0. The first-order valence-corrected chi connectivity index (χ1v) is 8.89. The lowest BCUT2D eigenvalue weighted by atomic mass is 10.0. The number of anilines is 1. The van der Waals surface area contributed by atoms with Gasteiger partial charge in [-0.1, -0.05) is 0 Å². The number of carbonyl (C=O) groups is 1. The molecule has 4 rings (SSSR count). The van der Waals surface area contributed by atoms with E-state index in [9.17, 15) is 18.0 Å². The standard InChI is InChI=1S/C17H18F3N7O/c1-9-22-15-13(11-4-5-21-14(11)25-26-15)16(23-9)27-6-2-3-10(8-27)24-12(28)7-17(18,19)20/h4-5,10H,2-3,6-8H2,1H3,(H,24,28)(H,22,23,26). The highest BCUT2D eigenvalue weighted by Gasteiger charge is 2.33. The number of hydrogen-bond donors (Lipinski definition) is 2. The quantitative estimate of drug-likeness (QED) is 0.708. The first-order chi connectivity index (χ1) is 13.3. The second-order valence-electron chi connectivity index (χ2n) is 6.90. The molecule has 0 spiro atoms. The van der Waals surface area contributed by atoms with Gasteiger partial charge in [-0.05, 0) is 25.8 Å². The van der Waals surface area contributed by atoms with Gasteiger partial charge in [-0.25, -0.2) is 9.97 Å². The van der Waals surface area contributed by atoms with Crippen LogP contribution in [0.2, 0.25) is 0 Å². The Hall–Kier alpha value is -2.98. The van der Waals surface area contributed by atoms with E-state index >= 15 is 0 Å². The number of fused-ring (bicyclic) bond motifs is 3. The summed E-state index contributed by atoms with van der Waals surface area (Å²) in [5, 5.41) is 12.3. The SMILES string of the molecule is Cc1nc(N2CCCC(NC(=O)CC(F)(F)F)C2)c2c(nnc3nccc32)[nH]1. The van der Waals surface area contributed by atoms with Crippen molar-refractivity contribution in [3.63, 3.8) is 0 Å². The third kappa shape index (κ3) is 3.69. The number of nitrogens with one attached hydrogen (secondary N) is 2. The normalized spacial score (nSPS) is 18.0.